The molecule has 20 heavy (non-hydrogen) atoms. The molecule has 0 aliphatic carbocycles. The Labute approximate surface area is 120 Å². The maximum absolute atomic E-state index is 13.3. The summed E-state index contributed by atoms with van der Waals surface area (Å²) in [6.07, 6.45) is 0. The predicted octanol–water partition coefficient (Wildman–Crippen LogP) is 1.32. The fraction of sp³-hybridized carbons (Fsp3) is 0.417. The predicted molar refractivity (Wildman–Crippen MR) is 73.8 cm³/mol. The van der Waals surface area contributed by atoms with Gasteiger partial charge in [0, 0.05) is 18.1 Å². The van der Waals surface area contributed by atoms with Crippen LogP contribution in [0.2, 0.25) is 0 Å². The zero-order valence-corrected chi connectivity index (χ0v) is 12.4. The molecule has 8 heteroatoms. The van der Waals surface area contributed by atoms with Gasteiger partial charge in [0.05, 0.1) is 4.90 Å². The van der Waals surface area contributed by atoms with E-state index in [1.807, 2.05) is 0 Å². The van der Waals surface area contributed by atoms with Gasteiger partial charge in [-0.3, -0.25) is 4.79 Å². The van der Waals surface area contributed by atoms with E-state index in [0.717, 1.165) is 10.4 Å². The number of hydrogen-bond acceptors (Lipinski definition) is 4. The number of rotatable bonds is 3. The molecular formula is C12H14FNO4S2. The molecule has 1 unspecified atom stereocenters. The van der Waals surface area contributed by atoms with Gasteiger partial charge in [0.2, 0.25) is 10.0 Å². The Hall–Kier alpha value is -1.12. The third-order valence-corrected chi connectivity index (χ3v) is 6.17. The second-order valence-electron chi connectivity index (χ2n) is 4.45. The molecule has 5 nitrogen and oxygen atoms in total. The van der Waals surface area contributed by atoms with E-state index in [1.54, 1.807) is 6.92 Å². The summed E-state index contributed by atoms with van der Waals surface area (Å²) in [6, 6.07) is 2.37. The van der Waals surface area contributed by atoms with Gasteiger partial charge in [-0.2, -0.15) is 16.1 Å². The molecule has 1 aliphatic rings. The Bertz CT molecular complexity index is 632. The molecule has 1 atom stereocenters. The fourth-order valence-electron chi connectivity index (χ4n) is 2.05. The minimum atomic E-state index is -4.01. The number of thioether (sulfide) groups is 1. The minimum absolute atomic E-state index is 0.111. The topological polar surface area (TPSA) is 74.7 Å². The van der Waals surface area contributed by atoms with Gasteiger partial charge in [0.1, 0.15) is 11.9 Å². The summed E-state index contributed by atoms with van der Waals surface area (Å²) in [5.41, 5.74) is 0.397. The van der Waals surface area contributed by atoms with Gasteiger partial charge in [0.25, 0.3) is 0 Å². The number of hydrogen-bond donors (Lipinski definition) is 1. The summed E-state index contributed by atoms with van der Waals surface area (Å²) in [4.78, 5) is 11.0. The number of sulfonamides is 1. The first-order valence-corrected chi connectivity index (χ1v) is 8.52. The van der Waals surface area contributed by atoms with E-state index in [4.69, 9.17) is 5.11 Å². The SMILES string of the molecule is Cc1ccc(F)cc1S(=O)(=O)N1CCSCC1C(=O)O. The Balaban J connectivity index is 2.47. The molecule has 0 spiro atoms. The van der Waals surface area contributed by atoms with Crippen molar-refractivity contribution in [3.63, 3.8) is 0 Å². The molecule has 1 heterocycles. The highest BCUT2D eigenvalue weighted by molar-refractivity contribution is 7.99. The van der Waals surface area contributed by atoms with Crippen molar-refractivity contribution >= 4 is 27.8 Å². The molecule has 1 aromatic carbocycles. The lowest BCUT2D eigenvalue weighted by Gasteiger charge is -2.31. The number of aryl methyl sites for hydroxylation is 1. The molecule has 110 valence electrons. The Kier molecular flexibility index (Phi) is 4.36. The quantitative estimate of drug-likeness (QED) is 0.909. The van der Waals surface area contributed by atoms with E-state index in [-0.39, 0.29) is 17.2 Å². The first-order valence-electron chi connectivity index (χ1n) is 5.92. The fourth-order valence-corrected chi connectivity index (χ4v) is 5.12. The van der Waals surface area contributed by atoms with Crippen LogP contribution in [0, 0.1) is 12.7 Å². The van der Waals surface area contributed by atoms with Crippen LogP contribution in [0.3, 0.4) is 0 Å². The maximum Gasteiger partial charge on any atom is 0.322 e. The first-order chi connectivity index (χ1) is 9.34. The van der Waals surface area contributed by atoms with Gasteiger partial charge in [-0.25, -0.2) is 12.8 Å². The summed E-state index contributed by atoms with van der Waals surface area (Å²) in [7, 11) is -4.01. The molecule has 1 aromatic rings. The Morgan fingerprint density at radius 2 is 2.20 bits per heavy atom. The van der Waals surface area contributed by atoms with Gasteiger partial charge in [-0.15, -0.1) is 0 Å². The highest BCUT2D eigenvalue weighted by Crippen LogP contribution is 2.27. The highest BCUT2D eigenvalue weighted by atomic mass is 32.2. The summed E-state index contributed by atoms with van der Waals surface area (Å²) in [6.45, 7) is 1.67. The van der Waals surface area contributed by atoms with Crippen molar-refractivity contribution in [2.24, 2.45) is 0 Å². The van der Waals surface area contributed by atoms with Gasteiger partial charge in [-0.05, 0) is 24.6 Å². The average molecular weight is 319 g/mol. The molecule has 0 aromatic heterocycles. The van der Waals surface area contributed by atoms with Gasteiger partial charge >= 0.3 is 5.97 Å². The highest BCUT2D eigenvalue weighted by Gasteiger charge is 2.38. The lowest BCUT2D eigenvalue weighted by molar-refractivity contribution is -0.140. The third kappa shape index (κ3) is 2.82. The molecule has 2 rings (SSSR count). The third-order valence-electron chi connectivity index (χ3n) is 3.10. The zero-order valence-electron chi connectivity index (χ0n) is 10.7. The van der Waals surface area contributed by atoms with Crippen molar-refractivity contribution in [1.29, 1.82) is 0 Å². The van der Waals surface area contributed by atoms with Crippen LogP contribution < -0.4 is 0 Å². The van der Waals surface area contributed by atoms with E-state index in [2.05, 4.69) is 0 Å². The molecule has 0 bridgehead atoms. The number of aliphatic carboxylic acids is 1. The second-order valence-corrected chi connectivity index (χ2v) is 7.46. The van der Waals surface area contributed by atoms with Crippen molar-refractivity contribution in [1.82, 2.24) is 4.31 Å². The number of carboxylic acid groups (broad SMARTS) is 1. The number of carbonyl (C=O) groups is 1. The van der Waals surface area contributed by atoms with E-state index in [9.17, 15) is 17.6 Å². The molecule has 1 N–H and O–H groups in total. The minimum Gasteiger partial charge on any atom is -0.480 e. The normalized spacial score (nSPS) is 20.8. The van der Waals surface area contributed by atoms with Gasteiger partial charge in [0.15, 0.2) is 0 Å². The number of benzene rings is 1. The van der Waals surface area contributed by atoms with Crippen LogP contribution in [-0.2, 0) is 14.8 Å². The summed E-state index contributed by atoms with van der Waals surface area (Å²) in [5, 5.41) is 9.15. The first kappa shape index (κ1) is 15.3. The number of halogens is 1. The Morgan fingerprint density at radius 3 is 2.85 bits per heavy atom. The molecular weight excluding hydrogens is 305 g/mol. The molecule has 0 amide bonds. The maximum atomic E-state index is 13.3. The van der Waals surface area contributed by atoms with Crippen LogP contribution in [0.25, 0.3) is 0 Å². The van der Waals surface area contributed by atoms with Gasteiger partial charge < -0.3 is 5.11 Å². The summed E-state index contributed by atoms with van der Waals surface area (Å²) >= 11 is 1.39. The summed E-state index contributed by atoms with van der Waals surface area (Å²) < 4.78 is 39.4. The van der Waals surface area contributed by atoms with E-state index in [0.29, 0.717) is 11.3 Å². The van der Waals surface area contributed by atoms with Crippen LogP contribution >= 0.6 is 11.8 Å². The van der Waals surface area contributed by atoms with E-state index >= 15 is 0 Å². The van der Waals surface area contributed by atoms with Crippen molar-refractivity contribution in [3.05, 3.63) is 29.6 Å². The molecule has 0 radical (unpaired) electrons. The van der Waals surface area contributed by atoms with Crippen molar-refractivity contribution < 1.29 is 22.7 Å². The number of carboxylic acids is 1. The van der Waals surface area contributed by atoms with E-state index < -0.39 is 27.9 Å². The van der Waals surface area contributed by atoms with Crippen molar-refractivity contribution in [2.45, 2.75) is 17.9 Å². The van der Waals surface area contributed by atoms with Crippen LogP contribution in [0.1, 0.15) is 5.56 Å². The monoisotopic (exact) mass is 319 g/mol. The molecule has 1 saturated heterocycles. The second kappa shape index (κ2) is 5.71. The molecule has 1 aliphatic heterocycles. The average Bonchev–Trinajstić information content (AvgIpc) is 2.41. The smallest absolute Gasteiger partial charge is 0.322 e. The van der Waals surface area contributed by atoms with Crippen molar-refractivity contribution in [2.75, 3.05) is 18.1 Å². The molecule has 0 saturated carbocycles. The van der Waals surface area contributed by atoms with Crippen LogP contribution in [0.5, 0.6) is 0 Å². The standard InChI is InChI=1S/C12H14FNO4S2/c1-8-2-3-9(13)6-11(8)20(17,18)14-4-5-19-7-10(14)12(15)16/h2-3,6,10H,4-5,7H2,1H3,(H,15,16). The van der Waals surface area contributed by atoms with Crippen LogP contribution in [-0.4, -0.2) is 47.9 Å². The Morgan fingerprint density at radius 1 is 1.50 bits per heavy atom. The van der Waals surface area contributed by atoms with Gasteiger partial charge in [-0.1, -0.05) is 6.07 Å². The van der Waals surface area contributed by atoms with E-state index in [1.165, 1.54) is 23.9 Å². The largest absolute Gasteiger partial charge is 0.480 e. The number of nitrogens with zero attached hydrogens (tertiary/aromatic N) is 1. The lowest BCUT2D eigenvalue weighted by atomic mass is 10.2. The molecule has 1 fully saturated rings. The van der Waals surface area contributed by atoms with Crippen LogP contribution in [0.4, 0.5) is 4.39 Å². The van der Waals surface area contributed by atoms with Crippen LogP contribution in [0.15, 0.2) is 23.1 Å². The van der Waals surface area contributed by atoms with Crippen molar-refractivity contribution in [3.8, 4) is 0 Å². The lowest BCUT2D eigenvalue weighted by Crippen LogP contribution is -2.50. The summed E-state index contributed by atoms with van der Waals surface area (Å²) in [5.74, 6) is -1.12. The zero-order chi connectivity index (χ0) is 14.9.